The van der Waals surface area contributed by atoms with Gasteiger partial charge in [0.1, 0.15) is 11.2 Å². The highest BCUT2D eigenvalue weighted by Gasteiger charge is 2.31. The highest BCUT2D eigenvalue weighted by molar-refractivity contribution is 6.14. The van der Waals surface area contributed by atoms with E-state index in [1.54, 1.807) is 0 Å². The first-order chi connectivity index (χ1) is 28.3. The normalized spacial score (nSPS) is 13.4. The number of furan rings is 1. The van der Waals surface area contributed by atoms with E-state index in [-0.39, 0.29) is 5.92 Å². The van der Waals surface area contributed by atoms with Gasteiger partial charge < -0.3 is 8.98 Å². The average Bonchev–Trinajstić information content (AvgIpc) is 3.93. The molecule has 1 aliphatic carbocycles. The lowest BCUT2D eigenvalue weighted by molar-refractivity contribution is 0.669. The summed E-state index contributed by atoms with van der Waals surface area (Å²) in [5.41, 5.74) is 14.3. The molecule has 11 aromatic rings. The number of benzene rings is 8. The van der Waals surface area contributed by atoms with Gasteiger partial charge in [0.25, 0.3) is 0 Å². The van der Waals surface area contributed by atoms with Gasteiger partial charge >= 0.3 is 0 Å². The van der Waals surface area contributed by atoms with Crippen molar-refractivity contribution in [2.75, 3.05) is 0 Å². The molecule has 0 spiro atoms. The molecule has 3 heterocycles. The highest BCUT2D eigenvalue weighted by atomic mass is 16.3. The largest absolute Gasteiger partial charge is 0.456 e. The summed E-state index contributed by atoms with van der Waals surface area (Å²) in [6, 6.07) is 66.3. The molecule has 266 valence electrons. The Morgan fingerprint density at radius 1 is 0.404 bits per heavy atom. The van der Waals surface area contributed by atoms with Crippen LogP contribution in [0.5, 0.6) is 0 Å². The Hall–Kier alpha value is -7.63. The molecule has 12 rings (SSSR count). The summed E-state index contributed by atoms with van der Waals surface area (Å²) < 4.78 is 8.99. The van der Waals surface area contributed by atoms with Crippen LogP contribution in [0.3, 0.4) is 0 Å². The van der Waals surface area contributed by atoms with Gasteiger partial charge in [-0.15, -0.1) is 0 Å². The van der Waals surface area contributed by atoms with Crippen LogP contribution in [0.25, 0.3) is 94.7 Å². The first-order valence-corrected chi connectivity index (χ1v) is 19.3. The second kappa shape index (κ2) is 12.4. The summed E-state index contributed by atoms with van der Waals surface area (Å²) in [5, 5.41) is 4.43. The Balaban J connectivity index is 1.09. The Morgan fingerprint density at radius 3 is 1.82 bits per heavy atom. The lowest BCUT2D eigenvalue weighted by Crippen LogP contribution is -2.00. The summed E-state index contributed by atoms with van der Waals surface area (Å²) in [5.74, 6) is 2.00. The first-order valence-electron chi connectivity index (χ1n) is 19.3. The summed E-state index contributed by atoms with van der Waals surface area (Å²) >= 11 is 0. The van der Waals surface area contributed by atoms with E-state index in [4.69, 9.17) is 19.4 Å². The molecule has 0 amide bonds. The van der Waals surface area contributed by atoms with Crippen LogP contribution in [0.2, 0.25) is 0 Å². The fraction of sp³-hybridized carbons (Fsp3) is 0.0192. The lowest BCUT2D eigenvalue weighted by Gasteiger charge is -2.15. The van der Waals surface area contributed by atoms with Crippen LogP contribution in [0.15, 0.2) is 192 Å². The van der Waals surface area contributed by atoms with Crippen LogP contribution < -0.4 is 0 Å². The van der Waals surface area contributed by atoms with Gasteiger partial charge in [0.2, 0.25) is 0 Å². The molecule has 1 unspecified atom stereocenters. The topological polar surface area (TPSA) is 56.7 Å². The monoisotopic (exact) mass is 728 g/mol. The van der Waals surface area contributed by atoms with Gasteiger partial charge in [-0.3, -0.25) is 0 Å². The van der Waals surface area contributed by atoms with E-state index in [1.165, 1.54) is 44.1 Å². The van der Waals surface area contributed by atoms with E-state index in [0.717, 1.165) is 49.8 Å². The summed E-state index contributed by atoms with van der Waals surface area (Å²) in [7, 11) is 0. The van der Waals surface area contributed by atoms with Crippen molar-refractivity contribution < 1.29 is 4.42 Å². The molecule has 0 N–H and O–H groups in total. The van der Waals surface area contributed by atoms with Crippen LogP contribution in [0.1, 0.15) is 22.6 Å². The van der Waals surface area contributed by atoms with E-state index in [2.05, 4.69) is 120 Å². The van der Waals surface area contributed by atoms with Gasteiger partial charge in [0, 0.05) is 49.8 Å². The fourth-order valence-electron chi connectivity index (χ4n) is 9.02. The van der Waals surface area contributed by atoms with Crippen LogP contribution in [-0.4, -0.2) is 19.5 Å². The quantitative estimate of drug-likeness (QED) is 0.177. The lowest BCUT2D eigenvalue weighted by atomic mass is 9.89. The van der Waals surface area contributed by atoms with E-state index in [1.807, 2.05) is 72.8 Å². The maximum Gasteiger partial charge on any atom is 0.164 e. The Bertz CT molecular complexity index is 3290. The molecule has 1 atom stereocenters. The minimum Gasteiger partial charge on any atom is -0.456 e. The molecular formula is C52H32N4O. The van der Waals surface area contributed by atoms with Crippen LogP contribution >= 0.6 is 0 Å². The van der Waals surface area contributed by atoms with Gasteiger partial charge in [0.15, 0.2) is 17.5 Å². The summed E-state index contributed by atoms with van der Waals surface area (Å²) in [6.45, 7) is 0. The molecule has 0 bridgehead atoms. The van der Waals surface area contributed by atoms with Gasteiger partial charge in [0.05, 0.1) is 11.0 Å². The second-order valence-corrected chi connectivity index (χ2v) is 14.7. The minimum absolute atomic E-state index is 0.151. The zero-order valence-electron chi connectivity index (χ0n) is 30.7. The Morgan fingerprint density at radius 2 is 1.05 bits per heavy atom. The van der Waals surface area contributed by atoms with Crippen molar-refractivity contribution in [2.24, 2.45) is 0 Å². The van der Waals surface area contributed by atoms with Crippen molar-refractivity contribution in [1.29, 1.82) is 0 Å². The van der Waals surface area contributed by atoms with Crippen molar-refractivity contribution in [3.63, 3.8) is 0 Å². The first kappa shape index (κ1) is 31.7. The third kappa shape index (κ3) is 4.92. The van der Waals surface area contributed by atoms with E-state index in [9.17, 15) is 0 Å². The molecule has 5 heteroatoms. The predicted octanol–water partition coefficient (Wildman–Crippen LogP) is 13.0. The maximum atomic E-state index is 6.57. The van der Waals surface area contributed by atoms with Crippen molar-refractivity contribution >= 4 is 43.7 Å². The van der Waals surface area contributed by atoms with Crippen molar-refractivity contribution in [1.82, 2.24) is 19.5 Å². The molecule has 1 aliphatic rings. The molecule has 3 aromatic heterocycles. The zero-order valence-corrected chi connectivity index (χ0v) is 30.7. The van der Waals surface area contributed by atoms with Gasteiger partial charge in [-0.2, -0.15) is 0 Å². The molecule has 5 nitrogen and oxygen atoms in total. The van der Waals surface area contributed by atoms with Crippen LogP contribution in [-0.2, 0) is 0 Å². The molecule has 0 fully saturated rings. The van der Waals surface area contributed by atoms with E-state index >= 15 is 0 Å². The SMILES string of the molecule is c1ccc(-c2nc(-c3ccccc3)nc(-c3cccc4oc5ccc(-n6c7ccccc7c7cc8c(cc76)C(c6ccccc6)c6ccccc6-8)cc5c34)n2)cc1. The van der Waals surface area contributed by atoms with Crippen LogP contribution in [0.4, 0.5) is 0 Å². The minimum atomic E-state index is 0.151. The molecule has 0 radical (unpaired) electrons. The maximum absolute atomic E-state index is 6.57. The summed E-state index contributed by atoms with van der Waals surface area (Å²) in [4.78, 5) is 15.2. The number of hydrogen-bond acceptors (Lipinski definition) is 4. The number of fused-ring (bicyclic) bond motifs is 9. The molecule has 8 aromatic carbocycles. The number of hydrogen-bond donors (Lipinski definition) is 0. The summed E-state index contributed by atoms with van der Waals surface area (Å²) in [6.07, 6.45) is 0. The molecular weight excluding hydrogens is 697 g/mol. The average molecular weight is 729 g/mol. The zero-order chi connectivity index (χ0) is 37.5. The Kier molecular flexibility index (Phi) is 6.92. The van der Waals surface area contributed by atoms with Gasteiger partial charge in [-0.1, -0.05) is 146 Å². The fourth-order valence-corrected chi connectivity index (χ4v) is 9.02. The predicted molar refractivity (Wildman–Crippen MR) is 231 cm³/mol. The highest BCUT2D eigenvalue weighted by Crippen LogP contribution is 2.50. The van der Waals surface area contributed by atoms with Crippen molar-refractivity contribution in [3.05, 3.63) is 205 Å². The van der Waals surface area contributed by atoms with Gasteiger partial charge in [-0.05, 0) is 70.3 Å². The number of rotatable bonds is 5. The van der Waals surface area contributed by atoms with Crippen molar-refractivity contribution in [3.8, 4) is 51.0 Å². The smallest absolute Gasteiger partial charge is 0.164 e. The standard InChI is InChI=1S/C52H32N4O/c1-4-15-32(16-5-1)48-38-23-11-10-21-36(38)40-30-41-37-22-12-13-25-44(37)56(45(41)31-42(40)48)35-27-28-46-43(29-35)49-39(24-14-26-47(49)57-46)52-54-50(33-17-6-2-7-18-33)53-51(55-52)34-19-8-3-9-20-34/h1-31,48H. The number of para-hydroxylation sites is 1. The molecule has 57 heavy (non-hydrogen) atoms. The van der Waals surface area contributed by atoms with E-state index < -0.39 is 0 Å². The molecule has 0 aliphatic heterocycles. The van der Waals surface area contributed by atoms with Gasteiger partial charge in [-0.25, -0.2) is 15.0 Å². The number of aromatic nitrogens is 4. The van der Waals surface area contributed by atoms with Crippen molar-refractivity contribution in [2.45, 2.75) is 5.92 Å². The number of nitrogens with zero attached hydrogens (tertiary/aromatic N) is 4. The molecule has 0 saturated carbocycles. The third-order valence-corrected chi connectivity index (χ3v) is 11.5. The van der Waals surface area contributed by atoms with Crippen LogP contribution in [0, 0.1) is 0 Å². The molecule has 0 saturated heterocycles. The Labute approximate surface area is 328 Å². The second-order valence-electron chi connectivity index (χ2n) is 14.7. The third-order valence-electron chi connectivity index (χ3n) is 11.5. The van der Waals surface area contributed by atoms with E-state index in [0.29, 0.717) is 17.5 Å².